The highest BCUT2D eigenvalue weighted by atomic mass is 16.6. The van der Waals surface area contributed by atoms with Crippen LogP contribution in [-0.2, 0) is 0 Å². The molecular formula is C18H28N2O2. The SMILES string of the molecule is CC.O=[N+]([O-])c1ccc(C2CCN(C3CCCC3)CC2)cc1. The molecule has 1 saturated heterocycles. The predicted molar refractivity (Wildman–Crippen MR) is 90.2 cm³/mol. The zero-order valence-corrected chi connectivity index (χ0v) is 13.8. The van der Waals surface area contributed by atoms with Crippen LogP contribution in [0.5, 0.6) is 0 Å². The largest absolute Gasteiger partial charge is 0.300 e. The van der Waals surface area contributed by atoms with Crippen LogP contribution in [0.3, 0.4) is 0 Å². The van der Waals surface area contributed by atoms with E-state index in [1.54, 1.807) is 12.1 Å². The van der Waals surface area contributed by atoms with Crippen molar-refractivity contribution in [3.8, 4) is 0 Å². The standard InChI is InChI=1S/C16H22N2O2.C2H6/c19-18(20)16-7-5-13(6-8-16)14-9-11-17(12-10-14)15-3-1-2-4-15;1-2/h5-8,14-15H,1-4,9-12H2;1-2H3. The Hall–Kier alpha value is -1.42. The number of piperidine rings is 1. The number of hydrogen-bond acceptors (Lipinski definition) is 3. The Morgan fingerprint density at radius 1 is 1.00 bits per heavy atom. The zero-order valence-electron chi connectivity index (χ0n) is 13.8. The van der Waals surface area contributed by atoms with E-state index >= 15 is 0 Å². The number of benzene rings is 1. The van der Waals surface area contributed by atoms with E-state index in [9.17, 15) is 10.1 Å². The van der Waals surface area contributed by atoms with Gasteiger partial charge < -0.3 is 4.90 Å². The number of rotatable bonds is 3. The zero-order chi connectivity index (χ0) is 15.9. The molecule has 4 heteroatoms. The summed E-state index contributed by atoms with van der Waals surface area (Å²) in [5, 5.41) is 10.7. The van der Waals surface area contributed by atoms with Crippen molar-refractivity contribution in [3.63, 3.8) is 0 Å². The second-order valence-corrected chi connectivity index (χ2v) is 6.10. The molecule has 2 fully saturated rings. The molecule has 1 aromatic carbocycles. The van der Waals surface area contributed by atoms with Gasteiger partial charge in [-0.1, -0.05) is 38.8 Å². The minimum Gasteiger partial charge on any atom is -0.300 e. The average molecular weight is 304 g/mol. The van der Waals surface area contributed by atoms with Crippen LogP contribution >= 0.6 is 0 Å². The van der Waals surface area contributed by atoms with E-state index in [1.165, 1.54) is 57.2 Å². The summed E-state index contributed by atoms with van der Waals surface area (Å²) in [7, 11) is 0. The van der Waals surface area contributed by atoms with Gasteiger partial charge in [-0.15, -0.1) is 0 Å². The molecule has 1 aromatic rings. The summed E-state index contributed by atoms with van der Waals surface area (Å²) in [6.45, 7) is 6.37. The monoisotopic (exact) mass is 304 g/mol. The van der Waals surface area contributed by atoms with Gasteiger partial charge in [-0.05, 0) is 50.3 Å². The van der Waals surface area contributed by atoms with Gasteiger partial charge >= 0.3 is 0 Å². The first-order chi connectivity index (χ1) is 10.7. The highest BCUT2D eigenvalue weighted by Crippen LogP contribution is 2.32. The van der Waals surface area contributed by atoms with Gasteiger partial charge in [0, 0.05) is 18.2 Å². The summed E-state index contributed by atoms with van der Waals surface area (Å²) in [6, 6.07) is 7.98. The summed E-state index contributed by atoms with van der Waals surface area (Å²) in [4.78, 5) is 13.0. The number of nitrogens with zero attached hydrogens (tertiary/aromatic N) is 2. The second kappa shape index (κ2) is 8.28. The van der Waals surface area contributed by atoms with E-state index in [0.717, 1.165) is 6.04 Å². The minimum atomic E-state index is -0.327. The second-order valence-electron chi connectivity index (χ2n) is 6.10. The molecule has 0 amide bonds. The Morgan fingerprint density at radius 2 is 1.55 bits per heavy atom. The molecule has 0 aromatic heterocycles. The Labute approximate surface area is 133 Å². The van der Waals surface area contributed by atoms with Crippen LogP contribution in [0.4, 0.5) is 5.69 Å². The lowest BCUT2D eigenvalue weighted by atomic mass is 9.88. The molecule has 2 aliphatic rings. The first-order valence-electron chi connectivity index (χ1n) is 8.72. The molecule has 1 aliphatic heterocycles. The van der Waals surface area contributed by atoms with Crippen LogP contribution in [0, 0.1) is 10.1 Å². The highest BCUT2D eigenvalue weighted by molar-refractivity contribution is 5.34. The summed E-state index contributed by atoms with van der Waals surface area (Å²) in [5.74, 6) is 0.577. The van der Waals surface area contributed by atoms with E-state index in [-0.39, 0.29) is 10.6 Å². The van der Waals surface area contributed by atoms with Crippen molar-refractivity contribution in [2.45, 2.75) is 64.3 Å². The maximum atomic E-state index is 10.7. The van der Waals surface area contributed by atoms with Gasteiger partial charge in [0.15, 0.2) is 0 Å². The fourth-order valence-electron chi connectivity index (χ4n) is 3.74. The first kappa shape index (κ1) is 16.9. The fourth-order valence-corrected chi connectivity index (χ4v) is 3.74. The predicted octanol–water partition coefficient (Wildman–Crippen LogP) is 4.74. The fraction of sp³-hybridized carbons (Fsp3) is 0.667. The van der Waals surface area contributed by atoms with Crippen LogP contribution in [0.2, 0.25) is 0 Å². The van der Waals surface area contributed by atoms with Crippen molar-refractivity contribution >= 4 is 5.69 Å². The maximum absolute atomic E-state index is 10.7. The Kier molecular flexibility index (Phi) is 6.37. The summed E-state index contributed by atoms with van der Waals surface area (Å²) in [5.41, 5.74) is 1.46. The molecule has 0 N–H and O–H groups in total. The van der Waals surface area contributed by atoms with Crippen LogP contribution in [0.1, 0.15) is 63.9 Å². The smallest absolute Gasteiger partial charge is 0.269 e. The van der Waals surface area contributed by atoms with Gasteiger partial charge in [0.25, 0.3) is 5.69 Å². The molecule has 0 spiro atoms. The van der Waals surface area contributed by atoms with Gasteiger partial charge in [0.2, 0.25) is 0 Å². The number of likely N-dealkylation sites (tertiary alicyclic amines) is 1. The van der Waals surface area contributed by atoms with Crippen molar-refractivity contribution in [3.05, 3.63) is 39.9 Å². The Morgan fingerprint density at radius 3 is 2.05 bits per heavy atom. The molecule has 1 aliphatic carbocycles. The Bertz CT molecular complexity index is 458. The third-order valence-electron chi connectivity index (χ3n) is 4.95. The van der Waals surface area contributed by atoms with Gasteiger partial charge in [-0.2, -0.15) is 0 Å². The Balaban J connectivity index is 0.000000847. The number of non-ortho nitro benzene ring substituents is 1. The van der Waals surface area contributed by atoms with Crippen LogP contribution < -0.4 is 0 Å². The summed E-state index contributed by atoms with van der Waals surface area (Å²) < 4.78 is 0. The lowest BCUT2D eigenvalue weighted by Gasteiger charge is -2.36. The van der Waals surface area contributed by atoms with Crippen LogP contribution in [0.15, 0.2) is 24.3 Å². The van der Waals surface area contributed by atoms with E-state index < -0.39 is 0 Å². The minimum absolute atomic E-state index is 0.192. The molecule has 0 radical (unpaired) electrons. The molecule has 0 bridgehead atoms. The molecular weight excluding hydrogens is 276 g/mol. The van der Waals surface area contributed by atoms with E-state index in [1.807, 2.05) is 26.0 Å². The van der Waals surface area contributed by atoms with E-state index in [4.69, 9.17) is 0 Å². The van der Waals surface area contributed by atoms with Crippen molar-refractivity contribution in [2.24, 2.45) is 0 Å². The van der Waals surface area contributed by atoms with Gasteiger partial charge in [0.1, 0.15) is 0 Å². The summed E-state index contributed by atoms with van der Waals surface area (Å²) >= 11 is 0. The number of hydrogen-bond donors (Lipinski definition) is 0. The normalized spacial score (nSPS) is 20.5. The summed E-state index contributed by atoms with van der Waals surface area (Å²) in [6.07, 6.45) is 7.92. The van der Waals surface area contributed by atoms with Crippen molar-refractivity contribution in [2.75, 3.05) is 13.1 Å². The highest BCUT2D eigenvalue weighted by Gasteiger charge is 2.27. The third-order valence-corrected chi connectivity index (χ3v) is 4.95. The van der Waals surface area contributed by atoms with Gasteiger partial charge in [0.05, 0.1) is 4.92 Å². The molecule has 1 saturated carbocycles. The third kappa shape index (κ3) is 4.07. The van der Waals surface area contributed by atoms with Crippen molar-refractivity contribution in [1.29, 1.82) is 0 Å². The van der Waals surface area contributed by atoms with Crippen molar-refractivity contribution in [1.82, 2.24) is 4.90 Å². The molecule has 4 nitrogen and oxygen atoms in total. The van der Waals surface area contributed by atoms with Crippen LogP contribution in [0.25, 0.3) is 0 Å². The molecule has 0 unspecified atom stereocenters. The maximum Gasteiger partial charge on any atom is 0.269 e. The van der Waals surface area contributed by atoms with Crippen LogP contribution in [-0.4, -0.2) is 29.0 Å². The van der Waals surface area contributed by atoms with Crippen molar-refractivity contribution < 1.29 is 4.92 Å². The first-order valence-corrected chi connectivity index (χ1v) is 8.72. The topological polar surface area (TPSA) is 46.4 Å². The van der Waals surface area contributed by atoms with E-state index in [0.29, 0.717) is 5.92 Å². The lowest BCUT2D eigenvalue weighted by molar-refractivity contribution is -0.384. The van der Waals surface area contributed by atoms with Gasteiger partial charge in [-0.3, -0.25) is 10.1 Å². The number of nitro benzene ring substituents is 1. The quantitative estimate of drug-likeness (QED) is 0.598. The number of nitro groups is 1. The molecule has 3 rings (SSSR count). The molecule has 122 valence electrons. The van der Waals surface area contributed by atoms with E-state index in [2.05, 4.69) is 4.90 Å². The molecule has 1 heterocycles. The molecule has 22 heavy (non-hydrogen) atoms. The lowest BCUT2D eigenvalue weighted by Crippen LogP contribution is -2.39. The average Bonchev–Trinajstić information content (AvgIpc) is 3.11. The molecule has 0 atom stereocenters. The van der Waals surface area contributed by atoms with Gasteiger partial charge in [-0.25, -0.2) is 0 Å².